The summed E-state index contributed by atoms with van der Waals surface area (Å²) in [5.41, 5.74) is 4.05. The second-order valence-corrected chi connectivity index (χ2v) is 6.61. The smallest absolute Gasteiger partial charge is 0.336 e. The van der Waals surface area contributed by atoms with Gasteiger partial charge in [-0.3, -0.25) is 9.78 Å². The largest absolute Gasteiger partial charge is 0.457 e. The first kappa shape index (κ1) is 17.4. The Bertz CT molecular complexity index is 735. The summed E-state index contributed by atoms with van der Waals surface area (Å²) in [5, 5.41) is 3.29. The van der Waals surface area contributed by atoms with E-state index < -0.39 is 0 Å². The fraction of sp³-hybridized carbons (Fsp3) is 0.450. The van der Waals surface area contributed by atoms with Gasteiger partial charge in [-0.2, -0.15) is 0 Å². The van der Waals surface area contributed by atoms with E-state index in [2.05, 4.69) is 17.2 Å². The van der Waals surface area contributed by atoms with E-state index in [1.165, 1.54) is 0 Å². The fourth-order valence-electron chi connectivity index (χ4n) is 3.68. The van der Waals surface area contributed by atoms with Crippen molar-refractivity contribution in [2.45, 2.75) is 52.6 Å². The maximum Gasteiger partial charge on any atom is 0.336 e. The van der Waals surface area contributed by atoms with E-state index >= 15 is 0 Å². The van der Waals surface area contributed by atoms with Crippen LogP contribution < -0.4 is 5.32 Å². The number of Topliss-reactive ketones (excluding diaryl/α,β-unsaturated/α-hetero) is 1. The lowest BCUT2D eigenvalue weighted by atomic mass is 9.76. The predicted octanol–water partition coefficient (Wildman–Crippen LogP) is 3.43. The first-order valence-electron chi connectivity index (χ1n) is 8.91. The SMILES string of the molecule is CCCC1C(C(=O)OCc2cccnc2)=C(C)NC2=C1C(=O)CCC2. The molecule has 1 aromatic heterocycles. The van der Waals surface area contributed by atoms with Crippen molar-refractivity contribution >= 4 is 11.8 Å². The van der Waals surface area contributed by atoms with E-state index in [-0.39, 0.29) is 24.3 Å². The third-order valence-electron chi connectivity index (χ3n) is 4.79. The van der Waals surface area contributed by atoms with Crippen molar-refractivity contribution in [1.29, 1.82) is 0 Å². The summed E-state index contributed by atoms with van der Waals surface area (Å²) >= 11 is 0. The van der Waals surface area contributed by atoms with Gasteiger partial charge >= 0.3 is 5.97 Å². The molecular formula is C20H24N2O3. The fourth-order valence-corrected chi connectivity index (χ4v) is 3.68. The van der Waals surface area contributed by atoms with Crippen LogP contribution in [-0.2, 0) is 20.9 Å². The summed E-state index contributed by atoms with van der Waals surface area (Å²) in [4.78, 5) is 29.3. The zero-order chi connectivity index (χ0) is 17.8. The highest BCUT2D eigenvalue weighted by molar-refractivity contribution is 6.02. The van der Waals surface area contributed by atoms with Crippen molar-refractivity contribution in [2.24, 2.45) is 5.92 Å². The van der Waals surface area contributed by atoms with E-state index in [1.54, 1.807) is 12.4 Å². The Morgan fingerprint density at radius 3 is 2.96 bits per heavy atom. The van der Waals surface area contributed by atoms with Crippen LogP contribution in [0.4, 0.5) is 0 Å². The lowest BCUT2D eigenvalue weighted by Gasteiger charge is -2.33. The van der Waals surface area contributed by atoms with Gasteiger partial charge in [0.05, 0.1) is 5.57 Å². The number of allylic oxidation sites excluding steroid dienone is 3. The summed E-state index contributed by atoms with van der Waals surface area (Å²) in [5.74, 6) is -0.343. The Kier molecular flexibility index (Phi) is 5.31. The van der Waals surface area contributed by atoms with Crippen LogP contribution in [0, 0.1) is 5.92 Å². The van der Waals surface area contributed by atoms with Gasteiger partial charge in [0.2, 0.25) is 0 Å². The zero-order valence-electron chi connectivity index (χ0n) is 14.8. The number of esters is 1. The Balaban J connectivity index is 1.82. The Morgan fingerprint density at radius 1 is 1.40 bits per heavy atom. The highest BCUT2D eigenvalue weighted by Crippen LogP contribution is 2.38. The summed E-state index contributed by atoms with van der Waals surface area (Å²) in [7, 11) is 0. The molecule has 5 heteroatoms. The minimum atomic E-state index is -0.350. The highest BCUT2D eigenvalue weighted by Gasteiger charge is 2.37. The average molecular weight is 340 g/mol. The molecule has 1 aromatic rings. The summed E-state index contributed by atoms with van der Waals surface area (Å²) in [6, 6.07) is 3.68. The van der Waals surface area contributed by atoms with Gasteiger partial charge in [0.1, 0.15) is 6.61 Å². The van der Waals surface area contributed by atoms with Gasteiger partial charge in [0.25, 0.3) is 0 Å². The van der Waals surface area contributed by atoms with Crippen LogP contribution >= 0.6 is 0 Å². The number of aromatic nitrogens is 1. The number of hydrogen-bond acceptors (Lipinski definition) is 5. The average Bonchev–Trinajstić information content (AvgIpc) is 2.61. The van der Waals surface area contributed by atoms with Crippen molar-refractivity contribution in [1.82, 2.24) is 10.3 Å². The second kappa shape index (κ2) is 7.64. The van der Waals surface area contributed by atoms with Crippen LogP contribution in [0.3, 0.4) is 0 Å². The Labute approximate surface area is 148 Å². The van der Waals surface area contributed by atoms with Crippen LogP contribution in [-0.4, -0.2) is 16.7 Å². The van der Waals surface area contributed by atoms with Gasteiger partial charge in [-0.05, 0) is 32.3 Å². The molecule has 3 rings (SSSR count). The molecule has 0 fully saturated rings. The third-order valence-corrected chi connectivity index (χ3v) is 4.79. The van der Waals surface area contributed by atoms with E-state index in [0.29, 0.717) is 12.0 Å². The molecule has 1 aliphatic carbocycles. The molecule has 1 unspecified atom stereocenters. The third kappa shape index (κ3) is 3.65. The minimum absolute atomic E-state index is 0.157. The minimum Gasteiger partial charge on any atom is -0.457 e. The quantitative estimate of drug-likeness (QED) is 0.832. The van der Waals surface area contributed by atoms with Gasteiger partial charge in [-0.25, -0.2) is 4.79 Å². The molecule has 0 amide bonds. The van der Waals surface area contributed by atoms with E-state index in [1.807, 2.05) is 19.1 Å². The molecule has 1 atom stereocenters. The molecule has 2 heterocycles. The second-order valence-electron chi connectivity index (χ2n) is 6.61. The molecule has 132 valence electrons. The van der Waals surface area contributed by atoms with Crippen LogP contribution in [0.5, 0.6) is 0 Å². The van der Waals surface area contributed by atoms with Crippen LogP contribution in [0.25, 0.3) is 0 Å². The van der Waals surface area contributed by atoms with E-state index in [4.69, 9.17) is 4.74 Å². The summed E-state index contributed by atoms with van der Waals surface area (Å²) in [6.45, 7) is 4.15. The summed E-state index contributed by atoms with van der Waals surface area (Å²) < 4.78 is 5.52. The molecule has 1 N–H and O–H groups in total. The molecule has 0 saturated heterocycles. The lowest BCUT2D eigenvalue weighted by molar-refractivity contribution is -0.141. The molecule has 0 radical (unpaired) electrons. The van der Waals surface area contributed by atoms with Crippen LogP contribution in [0.1, 0.15) is 51.5 Å². The zero-order valence-corrected chi connectivity index (χ0v) is 14.8. The summed E-state index contributed by atoms with van der Waals surface area (Å²) in [6.07, 6.45) is 7.36. The molecular weight excluding hydrogens is 316 g/mol. The van der Waals surface area contributed by atoms with Crippen LogP contribution in [0.2, 0.25) is 0 Å². The number of ether oxygens (including phenoxy) is 1. The van der Waals surface area contributed by atoms with Gasteiger partial charge in [-0.15, -0.1) is 0 Å². The molecule has 0 bridgehead atoms. The molecule has 0 aromatic carbocycles. The van der Waals surface area contributed by atoms with Gasteiger partial charge < -0.3 is 10.1 Å². The first-order chi connectivity index (χ1) is 12.1. The predicted molar refractivity (Wildman–Crippen MR) is 94.2 cm³/mol. The number of nitrogens with zero attached hydrogens (tertiary/aromatic N) is 1. The number of carbonyl (C=O) groups excluding carboxylic acids is 2. The Morgan fingerprint density at radius 2 is 2.24 bits per heavy atom. The number of hydrogen-bond donors (Lipinski definition) is 1. The first-order valence-corrected chi connectivity index (χ1v) is 8.91. The van der Waals surface area contributed by atoms with Crippen molar-refractivity contribution < 1.29 is 14.3 Å². The maximum atomic E-state index is 12.8. The van der Waals surface area contributed by atoms with E-state index in [0.717, 1.165) is 48.2 Å². The molecule has 2 aliphatic rings. The van der Waals surface area contributed by atoms with Crippen molar-refractivity contribution in [3.8, 4) is 0 Å². The maximum absolute atomic E-state index is 12.8. The number of rotatable bonds is 5. The number of dihydropyridines is 1. The standard InChI is InChI=1S/C20H24N2O3/c1-3-6-15-18(20(24)25-12-14-7-5-10-21-11-14)13(2)22-16-8-4-9-17(23)19(15)16/h5,7,10-11,15,22H,3-4,6,8-9,12H2,1-2H3. The van der Waals surface area contributed by atoms with Gasteiger partial charge in [0, 0.05) is 47.3 Å². The van der Waals surface area contributed by atoms with Crippen LogP contribution in [0.15, 0.2) is 47.1 Å². The van der Waals surface area contributed by atoms with Crippen molar-refractivity contribution in [2.75, 3.05) is 0 Å². The normalized spacial score (nSPS) is 20.2. The van der Waals surface area contributed by atoms with Crippen molar-refractivity contribution in [3.05, 3.63) is 52.6 Å². The number of ketones is 1. The molecule has 1 aliphatic heterocycles. The number of nitrogens with one attached hydrogen (secondary N) is 1. The molecule has 0 spiro atoms. The van der Waals surface area contributed by atoms with Gasteiger partial charge in [-0.1, -0.05) is 19.4 Å². The van der Waals surface area contributed by atoms with Crippen molar-refractivity contribution in [3.63, 3.8) is 0 Å². The molecule has 25 heavy (non-hydrogen) atoms. The highest BCUT2D eigenvalue weighted by atomic mass is 16.5. The van der Waals surface area contributed by atoms with E-state index in [9.17, 15) is 9.59 Å². The topological polar surface area (TPSA) is 68.3 Å². The lowest BCUT2D eigenvalue weighted by Crippen LogP contribution is -2.35. The number of carbonyl (C=O) groups is 2. The monoisotopic (exact) mass is 340 g/mol. The Hall–Kier alpha value is -2.43. The molecule has 0 saturated carbocycles. The van der Waals surface area contributed by atoms with Gasteiger partial charge in [0.15, 0.2) is 5.78 Å². The molecule has 5 nitrogen and oxygen atoms in total. The number of pyridine rings is 1.